The van der Waals surface area contributed by atoms with Crippen molar-refractivity contribution in [3.8, 4) is 11.1 Å². The van der Waals surface area contributed by atoms with Gasteiger partial charge in [-0.25, -0.2) is 13.2 Å². The van der Waals surface area contributed by atoms with Gasteiger partial charge in [-0.3, -0.25) is 0 Å². The van der Waals surface area contributed by atoms with Gasteiger partial charge in [0.2, 0.25) is 0 Å². The average molecular weight is 290 g/mol. The van der Waals surface area contributed by atoms with E-state index in [1.165, 1.54) is 5.56 Å². The lowest BCUT2D eigenvalue weighted by Crippen LogP contribution is -1.92. The minimum atomic E-state index is -1.43. The van der Waals surface area contributed by atoms with Crippen LogP contribution in [0, 0.1) is 17.5 Å². The van der Waals surface area contributed by atoms with Crippen LogP contribution in [0.25, 0.3) is 11.1 Å². The van der Waals surface area contributed by atoms with E-state index >= 15 is 0 Å². The van der Waals surface area contributed by atoms with Gasteiger partial charge < -0.3 is 0 Å². The molecule has 2 rings (SSSR count). The molecule has 0 aliphatic carbocycles. The predicted molar refractivity (Wildman–Crippen MR) is 79.5 cm³/mol. The predicted octanol–water partition coefficient (Wildman–Crippen LogP) is 5.67. The summed E-state index contributed by atoms with van der Waals surface area (Å²) in [5.41, 5.74) is 2.18. The first-order chi connectivity index (χ1) is 10.1. The highest BCUT2D eigenvalue weighted by atomic mass is 19.2. The van der Waals surface area contributed by atoms with Gasteiger partial charge in [0.1, 0.15) is 0 Å². The van der Waals surface area contributed by atoms with Crippen LogP contribution < -0.4 is 0 Å². The third-order valence-corrected chi connectivity index (χ3v) is 3.39. The number of hydrogen-bond acceptors (Lipinski definition) is 0. The molecule has 0 fully saturated rings. The van der Waals surface area contributed by atoms with Gasteiger partial charge >= 0.3 is 0 Å². The zero-order valence-electron chi connectivity index (χ0n) is 11.7. The summed E-state index contributed by atoms with van der Waals surface area (Å²) in [5.74, 6) is -3.77. The SMILES string of the molecule is C=CCCCCc1ccc(-c2cc(F)c(F)c(F)c2)cc1. The van der Waals surface area contributed by atoms with Crippen LogP contribution in [0.4, 0.5) is 13.2 Å². The Hall–Kier alpha value is -2.03. The van der Waals surface area contributed by atoms with Crippen molar-refractivity contribution in [2.45, 2.75) is 25.7 Å². The van der Waals surface area contributed by atoms with Crippen LogP contribution in [0.3, 0.4) is 0 Å². The molecule has 110 valence electrons. The molecule has 0 atom stereocenters. The summed E-state index contributed by atoms with van der Waals surface area (Å²) in [7, 11) is 0. The number of hydrogen-bond donors (Lipinski definition) is 0. The second kappa shape index (κ2) is 7.11. The van der Waals surface area contributed by atoms with Crippen molar-refractivity contribution in [1.29, 1.82) is 0 Å². The Bertz CT molecular complexity index is 592. The minimum Gasteiger partial charge on any atom is -0.204 e. The Kier molecular flexibility index (Phi) is 5.20. The molecule has 0 saturated heterocycles. The van der Waals surface area contributed by atoms with Crippen LogP contribution in [0.2, 0.25) is 0 Å². The van der Waals surface area contributed by atoms with E-state index in [1.807, 2.05) is 18.2 Å². The first kappa shape index (κ1) is 15.4. The smallest absolute Gasteiger partial charge is 0.194 e. The second-order valence-corrected chi connectivity index (χ2v) is 4.99. The Morgan fingerprint density at radius 2 is 1.48 bits per heavy atom. The monoisotopic (exact) mass is 290 g/mol. The molecular weight excluding hydrogens is 273 g/mol. The summed E-state index contributed by atoms with van der Waals surface area (Å²) < 4.78 is 39.4. The minimum absolute atomic E-state index is 0.338. The molecule has 2 aromatic carbocycles. The van der Waals surface area contributed by atoms with Gasteiger partial charge in [0, 0.05) is 0 Å². The van der Waals surface area contributed by atoms with Gasteiger partial charge in [0.15, 0.2) is 17.5 Å². The molecule has 0 aromatic heterocycles. The van der Waals surface area contributed by atoms with Gasteiger partial charge in [-0.1, -0.05) is 30.3 Å². The maximum atomic E-state index is 13.2. The van der Waals surface area contributed by atoms with Gasteiger partial charge in [-0.2, -0.15) is 0 Å². The number of unbranched alkanes of at least 4 members (excludes halogenated alkanes) is 2. The van der Waals surface area contributed by atoms with E-state index in [1.54, 1.807) is 12.1 Å². The van der Waals surface area contributed by atoms with Crippen molar-refractivity contribution in [1.82, 2.24) is 0 Å². The molecule has 0 aliphatic heterocycles. The fraction of sp³-hybridized carbons (Fsp3) is 0.222. The highest BCUT2D eigenvalue weighted by Gasteiger charge is 2.11. The van der Waals surface area contributed by atoms with E-state index < -0.39 is 17.5 Å². The van der Waals surface area contributed by atoms with Gasteiger partial charge in [0.05, 0.1) is 0 Å². The Balaban J connectivity index is 2.10. The Morgan fingerprint density at radius 3 is 2.05 bits per heavy atom. The molecule has 2 aromatic rings. The van der Waals surface area contributed by atoms with Gasteiger partial charge in [-0.05, 0) is 54.5 Å². The van der Waals surface area contributed by atoms with Crippen molar-refractivity contribution in [2.75, 3.05) is 0 Å². The van der Waals surface area contributed by atoms with E-state index in [4.69, 9.17) is 0 Å². The fourth-order valence-electron chi connectivity index (χ4n) is 2.20. The molecule has 0 amide bonds. The van der Waals surface area contributed by atoms with E-state index in [-0.39, 0.29) is 0 Å². The van der Waals surface area contributed by atoms with E-state index in [9.17, 15) is 13.2 Å². The quantitative estimate of drug-likeness (QED) is 0.365. The summed E-state index contributed by atoms with van der Waals surface area (Å²) in [6.07, 6.45) is 6.04. The van der Waals surface area contributed by atoms with Crippen LogP contribution >= 0.6 is 0 Å². The molecule has 3 heteroatoms. The zero-order valence-corrected chi connectivity index (χ0v) is 11.7. The average Bonchev–Trinajstić information content (AvgIpc) is 2.49. The molecule has 0 saturated carbocycles. The number of halogens is 3. The molecule has 0 radical (unpaired) electrons. The lowest BCUT2D eigenvalue weighted by molar-refractivity contribution is 0.448. The fourth-order valence-corrected chi connectivity index (χ4v) is 2.20. The normalized spacial score (nSPS) is 10.6. The number of allylic oxidation sites excluding steroid dienone is 1. The summed E-state index contributed by atoms with van der Waals surface area (Å²) in [5, 5.41) is 0. The molecular formula is C18H17F3. The molecule has 0 N–H and O–H groups in total. The Labute approximate surface area is 122 Å². The summed E-state index contributed by atoms with van der Waals surface area (Å²) in [6, 6.07) is 9.49. The first-order valence-corrected chi connectivity index (χ1v) is 6.96. The van der Waals surface area contributed by atoms with Crippen molar-refractivity contribution in [3.63, 3.8) is 0 Å². The number of rotatable bonds is 6. The lowest BCUT2D eigenvalue weighted by Gasteiger charge is -2.06. The van der Waals surface area contributed by atoms with Crippen molar-refractivity contribution < 1.29 is 13.2 Å². The van der Waals surface area contributed by atoms with Gasteiger partial charge in [-0.15, -0.1) is 6.58 Å². The lowest BCUT2D eigenvalue weighted by atomic mass is 10.0. The Morgan fingerprint density at radius 1 is 0.857 bits per heavy atom. The molecule has 0 aliphatic rings. The second-order valence-electron chi connectivity index (χ2n) is 4.99. The molecule has 0 unspecified atom stereocenters. The highest BCUT2D eigenvalue weighted by Crippen LogP contribution is 2.24. The van der Waals surface area contributed by atoms with Crippen LogP contribution in [0.5, 0.6) is 0 Å². The number of aryl methyl sites for hydroxylation is 1. The zero-order chi connectivity index (χ0) is 15.2. The molecule has 0 spiro atoms. The molecule has 21 heavy (non-hydrogen) atoms. The maximum absolute atomic E-state index is 13.2. The van der Waals surface area contributed by atoms with Crippen molar-refractivity contribution >= 4 is 0 Å². The van der Waals surface area contributed by atoms with Gasteiger partial charge in [0.25, 0.3) is 0 Å². The highest BCUT2D eigenvalue weighted by molar-refractivity contribution is 5.63. The standard InChI is InChI=1S/C18H17F3/c1-2-3-4-5-6-13-7-9-14(10-8-13)15-11-16(19)18(21)17(20)12-15/h2,7-12H,1,3-6H2. The van der Waals surface area contributed by atoms with E-state index in [2.05, 4.69) is 6.58 Å². The summed E-state index contributed by atoms with van der Waals surface area (Å²) in [6.45, 7) is 3.68. The first-order valence-electron chi connectivity index (χ1n) is 6.96. The summed E-state index contributed by atoms with van der Waals surface area (Å²) in [4.78, 5) is 0. The largest absolute Gasteiger partial charge is 0.204 e. The molecule has 0 bridgehead atoms. The molecule has 0 nitrogen and oxygen atoms in total. The third-order valence-electron chi connectivity index (χ3n) is 3.39. The van der Waals surface area contributed by atoms with Crippen LogP contribution in [0.1, 0.15) is 24.8 Å². The van der Waals surface area contributed by atoms with Crippen LogP contribution in [-0.2, 0) is 6.42 Å². The van der Waals surface area contributed by atoms with Crippen LogP contribution in [0.15, 0.2) is 49.1 Å². The summed E-state index contributed by atoms with van der Waals surface area (Å²) >= 11 is 0. The third kappa shape index (κ3) is 3.97. The maximum Gasteiger partial charge on any atom is 0.194 e. The van der Waals surface area contributed by atoms with Crippen LogP contribution in [-0.4, -0.2) is 0 Å². The van der Waals surface area contributed by atoms with E-state index in [0.717, 1.165) is 37.8 Å². The van der Waals surface area contributed by atoms with Crippen molar-refractivity contribution in [2.24, 2.45) is 0 Å². The number of benzene rings is 2. The molecule has 0 heterocycles. The van der Waals surface area contributed by atoms with E-state index in [0.29, 0.717) is 11.1 Å². The van der Waals surface area contributed by atoms with Crippen molar-refractivity contribution in [3.05, 3.63) is 72.1 Å². The topological polar surface area (TPSA) is 0 Å².